The van der Waals surface area contributed by atoms with Gasteiger partial charge in [0.15, 0.2) is 0 Å². The summed E-state index contributed by atoms with van der Waals surface area (Å²) in [7, 11) is 0. The number of aryl methyl sites for hydroxylation is 1. The topological polar surface area (TPSA) is 92.5 Å². The first-order valence-electron chi connectivity index (χ1n) is 7.04. The van der Waals surface area contributed by atoms with Crippen molar-refractivity contribution in [2.75, 3.05) is 0 Å². The van der Waals surface area contributed by atoms with Gasteiger partial charge in [-0.25, -0.2) is 0 Å². The molecule has 6 nitrogen and oxygen atoms in total. The Hall–Kier alpha value is -2.31. The second-order valence-electron chi connectivity index (χ2n) is 5.06. The molecule has 0 atom stereocenters. The maximum Gasteiger partial charge on any atom is 0.270 e. The summed E-state index contributed by atoms with van der Waals surface area (Å²) in [5.74, 6) is -0.379. The lowest BCUT2D eigenvalue weighted by atomic mass is 10.1. The van der Waals surface area contributed by atoms with E-state index >= 15 is 0 Å². The van der Waals surface area contributed by atoms with E-state index in [9.17, 15) is 20.0 Å². The summed E-state index contributed by atoms with van der Waals surface area (Å²) in [6, 6.07) is 8.85. The molecule has 0 heterocycles. The second kappa shape index (κ2) is 7.99. The molecule has 0 unspecified atom stereocenters. The van der Waals surface area contributed by atoms with E-state index in [2.05, 4.69) is 5.32 Å². The molecule has 0 saturated carbocycles. The van der Waals surface area contributed by atoms with Gasteiger partial charge in [-0.1, -0.05) is 35.3 Å². The smallest absolute Gasteiger partial charge is 0.270 e. The van der Waals surface area contributed by atoms with Crippen LogP contribution in [0.5, 0.6) is 5.75 Å². The zero-order chi connectivity index (χ0) is 17.7. The van der Waals surface area contributed by atoms with Gasteiger partial charge in [0, 0.05) is 30.7 Å². The van der Waals surface area contributed by atoms with Crippen LogP contribution in [0.3, 0.4) is 0 Å². The van der Waals surface area contributed by atoms with Crippen molar-refractivity contribution in [3.63, 3.8) is 0 Å². The third-order valence-corrected chi connectivity index (χ3v) is 4.26. The Morgan fingerprint density at radius 3 is 2.67 bits per heavy atom. The number of benzene rings is 2. The number of nitro groups is 1. The molecule has 1 amide bonds. The van der Waals surface area contributed by atoms with Crippen molar-refractivity contribution >= 4 is 34.8 Å². The second-order valence-corrected chi connectivity index (χ2v) is 5.84. The lowest BCUT2D eigenvalue weighted by Gasteiger charge is -2.08. The summed E-state index contributed by atoms with van der Waals surface area (Å²) in [6.07, 6.45) is 0.585. The normalized spacial score (nSPS) is 10.4. The molecule has 0 fully saturated rings. The zero-order valence-corrected chi connectivity index (χ0v) is 14.0. The van der Waals surface area contributed by atoms with Crippen molar-refractivity contribution in [3.05, 3.63) is 67.7 Å². The molecule has 0 bridgehead atoms. The first-order chi connectivity index (χ1) is 11.4. The third kappa shape index (κ3) is 4.59. The molecule has 2 rings (SSSR count). The molecule has 2 aromatic rings. The van der Waals surface area contributed by atoms with Crippen molar-refractivity contribution in [1.82, 2.24) is 5.32 Å². The molecular formula is C16H14Cl2N2O4. The highest BCUT2D eigenvalue weighted by atomic mass is 35.5. The molecular weight excluding hydrogens is 355 g/mol. The van der Waals surface area contributed by atoms with Gasteiger partial charge in [0.05, 0.1) is 15.0 Å². The highest BCUT2D eigenvalue weighted by Crippen LogP contribution is 2.26. The van der Waals surface area contributed by atoms with Crippen molar-refractivity contribution in [3.8, 4) is 5.75 Å². The van der Waals surface area contributed by atoms with Gasteiger partial charge in [0.25, 0.3) is 5.69 Å². The average molecular weight is 369 g/mol. The number of hydrogen-bond acceptors (Lipinski definition) is 4. The fraction of sp³-hybridized carbons (Fsp3) is 0.188. The maximum absolute atomic E-state index is 11.9. The van der Waals surface area contributed by atoms with Crippen LogP contribution >= 0.6 is 23.2 Å². The van der Waals surface area contributed by atoms with Gasteiger partial charge in [0.1, 0.15) is 5.75 Å². The number of rotatable bonds is 6. The largest absolute Gasteiger partial charge is 0.508 e. The van der Waals surface area contributed by atoms with Gasteiger partial charge in [-0.05, 0) is 24.1 Å². The third-order valence-electron chi connectivity index (χ3n) is 3.40. The van der Waals surface area contributed by atoms with E-state index in [-0.39, 0.29) is 35.9 Å². The number of aromatic hydroxyl groups is 1. The Morgan fingerprint density at radius 1 is 1.21 bits per heavy atom. The summed E-state index contributed by atoms with van der Waals surface area (Å²) >= 11 is 12.0. The lowest BCUT2D eigenvalue weighted by molar-refractivity contribution is -0.384. The highest BCUT2D eigenvalue weighted by molar-refractivity contribution is 6.42. The molecule has 2 N–H and O–H groups in total. The predicted molar refractivity (Wildman–Crippen MR) is 91.4 cm³/mol. The van der Waals surface area contributed by atoms with Crippen LogP contribution in [0.4, 0.5) is 5.69 Å². The van der Waals surface area contributed by atoms with Crippen LogP contribution in [0.2, 0.25) is 10.0 Å². The lowest BCUT2D eigenvalue weighted by Crippen LogP contribution is -2.23. The molecule has 0 aliphatic heterocycles. The Balaban J connectivity index is 1.93. The van der Waals surface area contributed by atoms with Crippen LogP contribution in [0, 0.1) is 10.1 Å². The Kier molecular flexibility index (Phi) is 6.00. The fourth-order valence-corrected chi connectivity index (χ4v) is 2.51. The molecule has 0 aliphatic carbocycles. The van der Waals surface area contributed by atoms with Gasteiger partial charge >= 0.3 is 0 Å². The van der Waals surface area contributed by atoms with Crippen LogP contribution in [-0.2, 0) is 17.8 Å². The molecule has 2 aromatic carbocycles. The van der Waals surface area contributed by atoms with Crippen molar-refractivity contribution < 1.29 is 14.8 Å². The van der Waals surface area contributed by atoms with E-state index < -0.39 is 4.92 Å². The first kappa shape index (κ1) is 18.0. The van der Waals surface area contributed by atoms with Gasteiger partial charge in [-0.15, -0.1) is 0 Å². The van der Waals surface area contributed by atoms with Gasteiger partial charge < -0.3 is 10.4 Å². The van der Waals surface area contributed by atoms with Crippen molar-refractivity contribution in [1.29, 1.82) is 0 Å². The number of halogens is 2. The van der Waals surface area contributed by atoms with E-state index in [4.69, 9.17) is 23.2 Å². The van der Waals surface area contributed by atoms with Gasteiger partial charge in [0.2, 0.25) is 5.91 Å². The van der Waals surface area contributed by atoms with Crippen LogP contribution in [-0.4, -0.2) is 15.9 Å². The number of nitrogens with one attached hydrogen (secondary N) is 1. The number of non-ortho nitro benzene ring substituents is 1. The fourth-order valence-electron chi connectivity index (χ4n) is 2.10. The van der Waals surface area contributed by atoms with E-state index in [0.717, 1.165) is 5.56 Å². The van der Waals surface area contributed by atoms with Crippen LogP contribution in [0.25, 0.3) is 0 Å². The number of phenols is 1. The minimum atomic E-state index is -0.564. The van der Waals surface area contributed by atoms with E-state index in [1.807, 2.05) is 0 Å². The number of carbonyl (C=O) groups is 1. The Labute approximate surface area is 148 Å². The minimum absolute atomic E-state index is 0.00434. The molecule has 0 aromatic heterocycles. The molecule has 126 valence electrons. The van der Waals surface area contributed by atoms with E-state index in [1.165, 1.54) is 18.2 Å². The molecule has 8 heteroatoms. The summed E-state index contributed by atoms with van der Waals surface area (Å²) in [6.45, 7) is -0.00434. The van der Waals surface area contributed by atoms with Gasteiger partial charge in [-0.2, -0.15) is 0 Å². The quantitative estimate of drug-likeness (QED) is 0.597. The maximum atomic E-state index is 11.9. The zero-order valence-electron chi connectivity index (χ0n) is 12.5. The number of phenolic OH excluding ortho intramolecular Hbond substituents is 1. The number of nitrogens with zero attached hydrogens (tertiary/aromatic N) is 1. The first-order valence-corrected chi connectivity index (χ1v) is 7.80. The molecule has 0 saturated heterocycles. The number of amides is 1. The molecule has 0 spiro atoms. The number of hydrogen-bond donors (Lipinski definition) is 2. The van der Waals surface area contributed by atoms with Crippen LogP contribution < -0.4 is 5.32 Å². The summed E-state index contributed by atoms with van der Waals surface area (Å²) < 4.78 is 0. The van der Waals surface area contributed by atoms with Gasteiger partial charge in [-0.3, -0.25) is 14.9 Å². The Bertz CT molecular complexity index is 781. The number of carbonyl (C=O) groups excluding carboxylic acids is 1. The molecule has 24 heavy (non-hydrogen) atoms. The minimum Gasteiger partial charge on any atom is -0.508 e. The van der Waals surface area contributed by atoms with E-state index in [0.29, 0.717) is 16.5 Å². The number of nitro benzene ring substituents is 1. The summed E-state index contributed by atoms with van der Waals surface area (Å²) in [4.78, 5) is 22.1. The molecule has 0 aliphatic rings. The summed E-state index contributed by atoms with van der Waals surface area (Å²) in [5.41, 5.74) is 0.888. The molecule has 0 radical (unpaired) electrons. The van der Waals surface area contributed by atoms with Crippen molar-refractivity contribution in [2.45, 2.75) is 19.4 Å². The standard InChI is InChI=1S/C16H14Cl2N2O4/c17-13-3-1-2-10(16(13)18)4-7-15(22)19-9-11-8-12(20(23)24)5-6-14(11)21/h1-3,5-6,8,21H,4,7,9H2,(H,19,22). The predicted octanol–water partition coefficient (Wildman–Crippen LogP) is 3.86. The van der Waals surface area contributed by atoms with E-state index in [1.54, 1.807) is 18.2 Å². The average Bonchev–Trinajstić information content (AvgIpc) is 2.55. The van der Waals surface area contributed by atoms with Crippen LogP contribution in [0.1, 0.15) is 17.5 Å². The monoisotopic (exact) mass is 368 g/mol. The highest BCUT2D eigenvalue weighted by Gasteiger charge is 2.12. The summed E-state index contributed by atoms with van der Waals surface area (Å²) in [5, 5.41) is 23.9. The van der Waals surface area contributed by atoms with Crippen LogP contribution in [0.15, 0.2) is 36.4 Å². The van der Waals surface area contributed by atoms with Crippen molar-refractivity contribution in [2.24, 2.45) is 0 Å². The SMILES string of the molecule is O=C(CCc1cccc(Cl)c1Cl)NCc1cc([N+](=O)[O-])ccc1O. The Morgan fingerprint density at radius 2 is 1.96 bits per heavy atom.